The molecule has 0 aliphatic carbocycles. The first-order valence-electron chi connectivity index (χ1n) is 11.3. The van der Waals surface area contributed by atoms with Crippen LogP contribution in [0.5, 0.6) is 5.75 Å². The third-order valence-electron chi connectivity index (χ3n) is 5.90. The average Bonchev–Trinajstić information content (AvgIpc) is 3.49. The van der Waals surface area contributed by atoms with Gasteiger partial charge in [0, 0.05) is 17.3 Å². The second-order valence-electron chi connectivity index (χ2n) is 8.70. The number of carbonyl (C=O) groups is 2. The molecule has 0 N–H and O–H groups in total. The molecule has 0 radical (unpaired) electrons. The minimum Gasteiger partial charge on any atom is -0.491 e. The molecule has 0 saturated carbocycles. The number of thiophene rings is 1. The van der Waals surface area contributed by atoms with E-state index in [0.29, 0.717) is 18.9 Å². The van der Waals surface area contributed by atoms with Crippen LogP contribution in [0.2, 0.25) is 0 Å². The van der Waals surface area contributed by atoms with Gasteiger partial charge < -0.3 is 19.0 Å². The third-order valence-corrected chi connectivity index (χ3v) is 6.90. The SMILES string of the molecule is Cc1ccc(OCC2c3ccsc3CCN2C(=O)CN(Cc2ccco2)C(=O)C(C)C)cc1. The molecule has 1 aromatic carbocycles. The molecule has 2 amide bonds. The number of amides is 2. The third kappa shape index (κ3) is 5.47. The number of carbonyl (C=O) groups excluding carboxylic acids is 2. The number of ether oxygens (including phenoxy) is 1. The Kier molecular flexibility index (Phi) is 7.18. The van der Waals surface area contributed by atoms with E-state index in [1.807, 2.05) is 56.0 Å². The van der Waals surface area contributed by atoms with Gasteiger partial charge in [0.15, 0.2) is 0 Å². The molecule has 4 rings (SSSR count). The van der Waals surface area contributed by atoms with Gasteiger partial charge in [-0.25, -0.2) is 0 Å². The highest BCUT2D eigenvalue weighted by molar-refractivity contribution is 7.10. The summed E-state index contributed by atoms with van der Waals surface area (Å²) in [5, 5.41) is 2.07. The lowest BCUT2D eigenvalue weighted by Gasteiger charge is -2.37. The van der Waals surface area contributed by atoms with Gasteiger partial charge in [0.05, 0.1) is 18.8 Å². The monoisotopic (exact) mass is 466 g/mol. The van der Waals surface area contributed by atoms with Crippen LogP contribution in [0, 0.1) is 12.8 Å². The summed E-state index contributed by atoms with van der Waals surface area (Å²) in [4.78, 5) is 31.1. The Bertz CT molecular complexity index is 1070. The quantitative estimate of drug-likeness (QED) is 0.477. The van der Waals surface area contributed by atoms with Crippen LogP contribution < -0.4 is 4.74 Å². The Morgan fingerprint density at radius 1 is 1.21 bits per heavy atom. The fourth-order valence-corrected chi connectivity index (χ4v) is 5.03. The van der Waals surface area contributed by atoms with Gasteiger partial charge in [-0.3, -0.25) is 9.59 Å². The van der Waals surface area contributed by atoms with Crippen molar-refractivity contribution in [1.82, 2.24) is 9.80 Å². The summed E-state index contributed by atoms with van der Waals surface area (Å²) in [6.45, 7) is 7.00. The zero-order valence-electron chi connectivity index (χ0n) is 19.3. The van der Waals surface area contributed by atoms with Gasteiger partial charge in [-0.1, -0.05) is 31.5 Å². The molecular weight excluding hydrogens is 436 g/mol. The molecular formula is C26H30N2O4S. The normalized spacial score (nSPS) is 15.4. The molecule has 1 aliphatic heterocycles. The summed E-state index contributed by atoms with van der Waals surface area (Å²) < 4.78 is 11.5. The minimum absolute atomic E-state index is 0.0121. The summed E-state index contributed by atoms with van der Waals surface area (Å²) >= 11 is 1.72. The summed E-state index contributed by atoms with van der Waals surface area (Å²) in [6, 6.07) is 13.4. The topological polar surface area (TPSA) is 63.0 Å². The average molecular weight is 467 g/mol. The standard InChI is InChI=1S/C26H30N2O4S/c1-18(2)26(30)27(15-21-5-4-13-31-21)16-25(29)28-12-10-24-22(11-14-33-24)23(28)17-32-20-8-6-19(3)7-9-20/h4-9,11,13-14,18,23H,10,12,15-17H2,1-3H3. The van der Waals surface area contributed by atoms with Gasteiger partial charge in [0.1, 0.15) is 24.7 Å². The first-order valence-corrected chi connectivity index (χ1v) is 12.2. The van der Waals surface area contributed by atoms with E-state index in [0.717, 1.165) is 17.7 Å². The molecule has 0 saturated heterocycles. The van der Waals surface area contributed by atoms with Crippen LogP contribution in [-0.2, 0) is 22.6 Å². The molecule has 1 atom stereocenters. The maximum atomic E-state index is 13.5. The Hall–Kier alpha value is -3.06. The Morgan fingerprint density at radius 3 is 2.70 bits per heavy atom. The molecule has 1 aliphatic rings. The van der Waals surface area contributed by atoms with Crippen LogP contribution in [-0.4, -0.2) is 41.3 Å². The van der Waals surface area contributed by atoms with Gasteiger partial charge in [0.25, 0.3) is 0 Å². The first kappa shape index (κ1) is 23.1. The van der Waals surface area contributed by atoms with Gasteiger partial charge >= 0.3 is 0 Å². The molecule has 0 bridgehead atoms. The van der Waals surface area contributed by atoms with E-state index in [1.165, 1.54) is 10.4 Å². The Balaban J connectivity index is 1.51. The van der Waals surface area contributed by atoms with Crippen molar-refractivity contribution >= 4 is 23.2 Å². The zero-order chi connectivity index (χ0) is 23.4. The molecule has 3 aromatic rings. The van der Waals surface area contributed by atoms with Crippen LogP contribution in [0.3, 0.4) is 0 Å². The molecule has 33 heavy (non-hydrogen) atoms. The van der Waals surface area contributed by atoms with Crippen LogP contribution in [0.15, 0.2) is 58.5 Å². The van der Waals surface area contributed by atoms with E-state index >= 15 is 0 Å². The van der Waals surface area contributed by atoms with Crippen molar-refractivity contribution in [2.24, 2.45) is 5.92 Å². The molecule has 2 aromatic heterocycles. The first-order chi connectivity index (χ1) is 15.9. The van der Waals surface area contributed by atoms with E-state index in [4.69, 9.17) is 9.15 Å². The molecule has 1 unspecified atom stereocenters. The van der Waals surface area contributed by atoms with E-state index in [9.17, 15) is 9.59 Å². The van der Waals surface area contributed by atoms with Crippen molar-refractivity contribution in [1.29, 1.82) is 0 Å². The lowest BCUT2D eigenvalue weighted by atomic mass is 10.00. The lowest BCUT2D eigenvalue weighted by molar-refractivity contribution is -0.145. The number of hydrogen-bond donors (Lipinski definition) is 0. The van der Waals surface area contributed by atoms with Crippen LogP contribution in [0.1, 0.15) is 41.7 Å². The van der Waals surface area contributed by atoms with Crippen molar-refractivity contribution in [2.45, 2.75) is 39.8 Å². The molecule has 0 spiro atoms. The Labute approximate surface area is 198 Å². The van der Waals surface area contributed by atoms with Crippen LogP contribution in [0.4, 0.5) is 0 Å². The molecule has 174 valence electrons. The lowest BCUT2D eigenvalue weighted by Crippen LogP contribution is -2.48. The summed E-state index contributed by atoms with van der Waals surface area (Å²) in [5.41, 5.74) is 2.31. The maximum absolute atomic E-state index is 13.5. The molecule has 7 heteroatoms. The highest BCUT2D eigenvalue weighted by Gasteiger charge is 2.34. The van der Waals surface area contributed by atoms with E-state index in [1.54, 1.807) is 28.6 Å². The van der Waals surface area contributed by atoms with Crippen molar-refractivity contribution in [2.75, 3.05) is 19.7 Å². The number of nitrogens with zero attached hydrogens (tertiary/aromatic N) is 2. The fraction of sp³-hybridized carbons (Fsp3) is 0.385. The van der Waals surface area contributed by atoms with Gasteiger partial charge in [-0.05, 0) is 54.6 Å². The smallest absolute Gasteiger partial charge is 0.242 e. The largest absolute Gasteiger partial charge is 0.491 e. The zero-order valence-corrected chi connectivity index (χ0v) is 20.1. The van der Waals surface area contributed by atoms with Gasteiger partial charge in [-0.15, -0.1) is 11.3 Å². The van der Waals surface area contributed by atoms with Gasteiger partial charge in [-0.2, -0.15) is 0 Å². The Morgan fingerprint density at radius 2 is 2.00 bits per heavy atom. The second-order valence-corrected chi connectivity index (χ2v) is 9.71. The number of hydrogen-bond acceptors (Lipinski definition) is 5. The summed E-state index contributed by atoms with van der Waals surface area (Å²) in [7, 11) is 0. The van der Waals surface area contributed by atoms with Crippen molar-refractivity contribution < 1.29 is 18.7 Å². The summed E-state index contributed by atoms with van der Waals surface area (Å²) in [5.74, 6) is 1.09. The van der Waals surface area contributed by atoms with Crippen molar-refractivity contribution in [3.63, 3.8) is 0 Å². The minimum atomic E-state index is -0.210. The second kappa shape index (κ2) is 10.3. The number of furan rings is 1. The van der Waals surface area contributed by atoms with E-state index in [-0.39, 0.29) is 36.9 Å². The fourth-order valence-electron chi connectivity index (χ4n) is 4.11. The predicted molar refractivity (Wildman–Crippen MR) is 128 cm³/mol. The van der Waals surface area contributed by atoms with Crippen LogP contribution >= 0.6 is 11.3 Å². The number of aryl methyl sites for hydroxylation is 1. The van der Waals surface area contributed by atoms with E-state index < -0.39 is 0 Å². The summed E-state index contributed by atoms with van der Waals surface area (Å²) in [6.07, 6.45) is 2.40. The molecule has 0 fully saturated rings. The molecule has 3 heterocycles. The predicted octanol–water partition coefficient (Wildman–Crippen LogP) is 4.84. The number of rotatable bonds is 8. The van der Waals surface area contributed by atoms with Crippen molar-refractivity contribution in [3.05, 3.63) is 75.9 Å². The van der Waals surface area contributed by atoms with E-state index in [2.05, 4.69) is 11.4 Å². The highest BCUT2D eigenvalue weighted by atomic mass is 32.1. The highest BCUT2D eigenvalue weighted by Crippen LogP contribution is 2.34. The molecule has 6 nitrogen and oxygen atoms in total. The number of fused-ring (bicyclic) bond motifs is 1. The number of benzene rings is 1. The van der Waals surface area contributed by atoms with Crippen molar-refractivity contribution in [3.8, 4) is 5.75 Å². The van der Waals surface area contributed by atoms with Crippen LogP contribution in [0.25, 0.3) is 0 Å². The van der Waals surface area contributed by atoms with Gasteiger partial charge in [0.2, 0.25) is 11.8 Å². The maximum Gasteiger partial charge on any atom is 0.242 e.